The van der Waals surface area contributed by atoms with Crippen LogP contribution >= 0.6 is 15.6 Å². The van der Waals surface area contributed by atoms with Crippen LogP contribution in [0.5, 0.6) is 0 Å². The molecule has 0 aliphatic heterocycles. The highest BCUT2D eigenvalue weighted by molar-refractivity contribution is 7.47. The van der Waals surface area contributed by atoms with Gasteiger partial charge in [0.1, 0.15) is 19.3 Å². The van der Waals surface area contributed by atoms with Crippen LogP contribution < -0.4 is 0 Å². The number of hydrogen-bond donors (Lipinski definition) is 3. The minimum absolute atomic E-state index is 0.0173. The van der Waals surface area contributed by atoms with Crippen LogP contribution in [0.25, 0.3) is 0 Å². The van der Waals surface area contributed by atoms with E-state index in [-0.39, 0.29) is 25.7 Å². The monoisotopic (exact) mass is 1510 g/mol. The smallest absolute Gasteiger partial charge is 0.462 e. The first-order valence-corrected chi connectivity index (χ1v) is 44.8. The second kappa shape index (κ2) is 77.4. The van der Waals surface area contributed by atoms with E-state index in [9.17, 15) is 43.2 Å². The number of phosphoric ester groups is 2. The Morgan fingerprint density at radius 2 is 0.481 bits per heavy atom. The molecular weight excluding hydrogens is 1350 g/mol. The Morgan fingerprint density at radius 1 is 0.269 bits per heavy atom. The van der Waals surface area contributed by atoms with Crippen molar-refractivity contribution < 1.29 is 80.2 Å². The lowest BCUT2D eigenvalue weighted by Gasteiger charge is -2.21. The third-order valence-electron chi connectivity index (χ3n) is 17.8. The van der Waals surface area contributed by atoms with E-state index in [0.717, 1.165) is 128 Å². The highest BCUT2D eigenvalue weighted by atomic mass is 31.2. The number of unbranched alkanes of at least 4 members (excludes halogenated alkanes) is 39. The van der Waals surface area contributed by atoms with Gasteiger partial charge >= 0.3 is 39.5 Å². The van der Waals surface area contributed by atoms with E-state index in [1.807, 2.05) is 12.2 Å². The van der Waals surface area contributed by atoms with Gasteiger partial charge in [-0.15, -0.1) is 0 Å². The van der Waals surface area contributed by atoms with Gasteiger partial charge in [0, 0.05) is 25.7 Å². The standard InChI is InChI=1S/C85H152O17P2/c1-5-9-13-17-21-25-29-33-37-39-43-46-50-54-58-62-66-70-83(88)96-76-80(101-84(89)71-67-63-59-55-51-47-42-36-32-28-24-20-16-12-8-4)77-99-103(91,92)97-73-79(86)74-98-104(93,94)100-78-81(75-95-82(87)69-65-61-57-53-49-45-41-35-31-27-23-19-15-11-7-3)102-85(90)72-68-64-60-56-52-48-44-40-38-34-30-26-22-18-14-10-6-2/h22-23,26-27,34-36,38,41-42,44,48,56,60,79-81,86H,5-21,24-25,28-33,37,39-40,43,45-47,49-55,57-59,61-78H2,1-4H3,(H,91,92)(H,93,94)/b26-22-,27-23-,38-34-,41-35-,42-36-,48-44-,60-56-/t79-,80-,81-/m1/s1. The summed E-state index contributed by atoms with van der Waals surface area (Å²) >= 11 is 0. The molecule has 0 fully saturated rings. The molecule has 0 aromatic heterocycles. The number of hydrogen-bond acceptors (Lipinski definition) is 15. The average molecular weight is 1510 g/mol. The Kier molecular flexibility index (Phi) is 74.6. The van der Waals surface area contributed by atoms with Crippen molar-refractivity contribution in [1.82, 2.24) is 0 Å². The van der Waals surface area contributed by atoms with Gasteiger partial charge in [0.05, 0.1) is 26.4 Å². The van der Waals surface area contributed by atoms with Gasteiger partial charge in [0.25, 0.3) is 0 Å². The second-order valence-electron chi connectivity index (χ2n) is 28.1. The van der Waals surface area contributed by atoms with E-state index in [2.05, 4.69) is 101 Å². The van der Waals surface area contributed by atoms with E-state index in [1.165, 1.54) is 161 Å². The summed E-state index contributed by atoms with van der Waals surface area (Å²) < 4.78 is 68.7. The van der Waals surface area contributed by atoms with E-state index in [0.29, 0.717) is 32.1 Å². The van der Waals surface area contributed by atoms with Crippen LogP contribution in [0.2, 0.25) is 0 Å². The van der Waals surface area contributed by atoms with E-state index < -0.39 is 97.5 Å². The predicted octanol–water partition coefficient (Wildman–Crippen LogP) is 24.6. The van der Waals surface area contributed by atoms with Gasteiger partial charge in [-0.25, -0.2) is 9.13 Å². The van der Waals surface area contributed by atoms with Crippen molar-refractivity contribution in [2.75, 3.05) is 39.6 Å². The molecular formula is C85H152O17P2. The summed E-state index contributed by atoms with van der Waals surface area (Å²) in [5.41, 5.74) is 0. The number of ether oxygens (including phenoxy) is 4. The van der Waals surface area contributed by atoms with Crippen LogP contribution in [0.4, 0.5) is 0 Å². The number of allylic oxidation sites excluding steroid dienone is 14. The highest BCUT2D eigenvalue weighted by Crippen LogP contribution is 2.45. The van der Waals surface area contributed by atoms with Crippen LogP contribution in [0.1, 0.15) is 374 Å². The average Bonchev–Trinajstić information content (AvgIpc) is 1.07. The molecule has 0 amide bonds. The minimum Gasteiger partial charge on any atom is -0.462 e. The molecule has 604 valence electrons. The van der Waals surface area contributed by atoms with Crippen molar-refractivity contribution in [1.29, 1.82) is 0 Å². The fourth-order valence-corrected chi connectivity index (χ4v) is 13.0. The van der Waals surface area contributed by atoms with Crippen LogP contribution in [0.15, 0.2) is 85.1 Å². The summed E-state index contributed by atoms with van der Waals surface area (Å²) in [4.78, 5) is 73.1. The molecule has 0 aromatic rings. The maximum atomic E-state index is 13.1. The van der Waals surface area contributed by atoms with Gasteiger partial charge in [-0.05, 0) is 122 Å². The van der Waals surface area contributed by atoms with Gasteiger partial charge in [0.2, 0.25) is 0 Å². The largest absolute Gasteiger partial charge is 0.472 e. The molecule has 2 unspecified atom stereocenters. The van der Waals surface area contributed by atoms with Crippen LogP contribution in [0.3, 0.4) is 0 Å². The predicted molar refractivity (Wildman–Crippen MR) is 427 cm³/mol. The molecule has 0 heterocycles. The number of aliphatic hydroxyl groups is 1. The summed E-state index contributed by atoms with van der Waals surface area (Å²) in [7, 11) is -9.97. The van der Waals surface area contributed by atoms with Crippen molar-refractivity contribution in [2.24, 2.45) is 0 Å². The number of aliphatic hydroxyl groups excluding tert-OH is 1. The fraction of sp³-hybridized carbons (Fsp3) is 0.788. The molecule has 0 rings (SSSR count). The lowest BCUT2D eigenvalue weighted by Crippen LogP contribution is -2.30. The maximum absolute atomic E-state index is 13.1. The Hall–Kier alpha value is -3.76. The molecule has 5 atom stereocenters. The number of carbonyl (C=O) groups excluding carboxylic acids is 4. The van der Waals surface area contributed by atoms with Gasteiger partial charge in [0.15, 0.2) is 12.2 Å². The minimum atomic E-state index is -4.99. The van der Waals surface area contributed by atoms with E-state index >= 15 is 0 Å². The molecule has 0 saturated heterocycles. The molecule has 104 heavy (non-hydrogen) atoms. The number of phosphoric acid groups is 2. The summed E-state index contributed by atoms with van der Waals surface area (Å²) in [6, 6.07) is 0. The SMILES string of the molecule is CCCCC/C=C\C/C=C\C/C=C\C/C=C\CCCC(=O)O[C@H](COC(=O)CCCCCCC/C=C\C/C=C\CCCCC)COP(=O)(O)OC[C@H](O)COP(=O)(O)OC[C@@H](COC(=O)CCCCCCCCCCCCCCCCCCC)OC(=O)CCCCCCC/C=C\CCCCCCCC. The zero-order valence-electron chi connectivity index (χ0n) is 66.2. The molecule has 0 bridgehead atoms. The summed E-state index contributed by atoms with van der Waals surface area (Å²) in [6.07, 6.45) is 81.3. The fourth-order valence-electron chi connectivity index (χ4n) is 11.4. The zero-order chi connectivity index (χ0) is 76.0. The first kappa shape index (κ1) is 100. The zero-order valence-corrected chi connectivity index (χ0v) is 68.0. The summed E-state index contributed by atoms with van der Waals surface area (Å²) in [5, 5.41) is 10.7. The third-order valence-corrected chi connectivity index (χ3v) is 19.7. The molecule has 0 saturated carbocycles. The summed E-state index contributed by atoms with van der Waals surface area (Å²) in [6.45, 7) is 4.80. The van der Waals surface area contributed by atoms with Crippen molar-refractivity contribution in [3.63, 3.8) is 0 Å². The first-order chi connectivity index (χ1) is 50.7. The first-order valence-electron chi connectivity index (χ1n) is 41.8. The Labute approximate surface area is 634 Å². The molecule has 0 radical (unpaired) electrons. The number of rotatable bonds is 79. The van der Waals surface area contributed by atoms with Gasteiger partial charge in [-0.2, -0.15) is 0 Å². The third kappa shape index (κ3) is 76.4. The number of carbonyl (C=O) groups is 4. The molecule has 0 spiro atoms. The van der Waals surface area contributed by atoms with Crippen LogP contribution in [-0.2, 0) is 65.4 Å². The molecule has 0 aromatic carbocycles. The van der Waals surface area contributed by atoms with Crippen molar-refractivity contribution in [3.8, 4) is 0 Å². The normalized spacial score (nSPS) is 14.3. The van der Waals surface area contributed by atoms with Gasteiger partial charge < -0.3 is 33.8 Å². The van der Waals surface area contributed by atoms with Crippen molar-refractivity contribution in [3.05, 3.63) is 85.1 Å². The highest BCUT2D eigenvalue weighted by Gasteiger charge is 2.30. The van der Waals surface area contributed by atoms with Crippen LogP contribution in [0, 0.1) is 0 Å². The second-order valence-corrected chi connectivity index (χ2v) is 31.0. The Morgan fingerprint density at radius 3 is 0.788 bits per heavy atom. The maximum Gasteiger partial charge on any atom is 0.472 e. The molecule has 0 aliphatic rings. The van der Waals surface area contributed by atoms with Crippen LogP contribution in [-0.4, -0.2) is 96.7 Å². The topological polar surface area (TPSA) is 237 Å². The lowest BCUT2D eigenvalue weighted by atomic mass is 10.0. The molecule has 3 N–H and O–H groups in total. The quantitative estimate of drug-likeness (QED) is 0.0169. The molecule has 17 nitrogen and oxygen atoms in total. The van der Waals surface area contributed by atoms with Crippen molar-refractivity contribution in [2.45, 2.75) is 393 Å². The molecule has 0 aliphatic carbocycles. The van der Waals surface area contributed by atoms with E-state index in [1.54, 1.807) is 0 Å². The van der Waals surface area contributed by atoms with Crippen molar-refractivity contribution >= 4 is 39.5 Å². The number of esters is 4. The van der Waals surface area contributed by atoms with E-state index in [4.69, 9.17) is 37.0 Å². The molecule has 19 heteroatoms. The summed E-state index contributed by atoms with van der Waals surface area (Å²) in [5.74, 6) is -2.24. The Balaban J connectivity index is 5.40. The Bertz CT molecular complexity index is 2300. The van der Waals surface area contributed by atoms with Gasteiger partial charge in [-0.1, -0.05) is 312 Å². The van der Waals surface area contributed by atoms with Gasteiger partial charge in [-0.3, -0.25) is 37.3 Å². The lowest BCUT2D eigenvalue weighted by molar-refractivity contribution is -0.161.